The Morgan fingerprint density at radius 3 is 2.25 bits per heavy atom. The zero-order chi connectivity index (χ0) is 39.4. The molecule has 3 aliphatic heterocycles. The first-order valence-electron chi connectivity index (χ1n) is 18.6. The highest BCUT2D eigenvalue weighted by Crippen LogP contribution is 2.46. The van der Waals surface area contributed by atoms with Crippen LogP contribution in [0.2, 0.25) is 0 Å². The number of hydrogen-bond acceptors (Lipinski definition) is 8. The number of amidine groups is 1. The molecule has 0 bridgehead atoms. The van der Waals surface area contributed by atoms with E-state index in [0.717, 1.165) is 47.0 Å². The van der Waals surface area contributed by atoms with Gasteiger partial charge in [0.15, 0.2) is 11.5 Å². The lowest BCUT2D eigenvalue weighted by Crippen LogP contribution is -2.35. The number of para-hydroxylation sites is 2. The van der Waals surface area contributed by atoms with Gasteiger partial charge in [-0.05, 0) is 100 Å². The molecule has 0 spiro atoms. The van der Waals surface area contributed by atoms with Crippen LogP contribution in [0.15, 0.2) is 130 Å². The molecule has 11 nitrogen and oxygen atoms in total. The Labute approximate surface area is 323 Å². The van der Waals surface area contributed by atoms with E-state index < -0.39 is 32.2 Å². The molecule has 12 heteroatoms. The number of allylic oxidation sites excluding steroid dienone is 5. The van der Waals surface area contributed by atoms with Crippen molar-refractivity contribution in [2.75, 3.05) is 6.54 Å². The molecule has 0 saturated heterocycles. The standard InChI is InChI=1S/C43H48N4O7S/c1-30(55(50,51)52)23-25-47-29-34(54-32-18-11-7-12-19-32)27-36-41(47)45-38(43(36,4)5)21-15-20-37-42(2,3)35-26-33(53-31-16-9-6-10-17-31)28-46(40(35)44-37)24-14-8-13-22-39(48)49/h6-7,9-12,15-21,26-30H,8,13-14,22-25H2,1-5H3,(H-,48,49,50,51,52)/p+1. The second-order valence-electron chi connectivity index (χ2n) is 15.1. The van der Waals surface area contributed by atoms with Gasteiger partial charge >= 0.3 is 11.8 Å². The normalized spacial score (nSPS) is 18.3. The summed E-state index contributed by atoms with van der Waals surface area (Å²) in [5, 5.41) is 8.14. The van der Waals surface area contributed by atoms with Gasteiger partial charge in [0.05, 0.1) is 28.5 Å². The predicted octanol–water partition coefficient (Wildman–Crippen LogP) is 8.48. The number of hydrogen-bond donors (Lipinski definition) is 2. The first-order valence-corrected chi connectivity index (χ1v) is 20.1. The maximum Gasteiger partial charge on any atom is 0.327 e. The highest BCUT2D eigenvalue weighted by molar-refractivity contribution is 7.86. The van der Waals surface area contributed by atoms with E-state index in [-0.39, 0.29) is 12.8 Å². The van der Waals surface area contributed by atoms with E-state index in [1.807, 2.05) is 102 Å². The number of aryl methyl sites for hydroxylation is 1. The van der Waals surface area contributed by atoms with Crippen LogP contribution in [0.25, 0.3) is 0 Å². The number of unbranched alkanes of at least 4 members (excludes halogenated alkanes) is 2. The average Bonchev–Trinajstić information content (AvgIpc) is 3.54. The van der Waals surface area contributed by atoms with Crippen LogP contribution < -0.4 is 14.0 Å². The van der Waals surface area contributed by atoms with Crippen LogP contribution in [0.3, 0.4) is 0 Å². The molecule has 0 saturated carbocycles. The number of aliphatic imine (C=N–C) groups is 2. The largest absolute Gasteiger partial charge is 0.481 e. The van der Waals surface area contributed by atoms with E-state index >= 15 is 0 Å². The van der Waals surface area contributed by atoms with Crippen LogP contribution >= 0.6 is 0 Å². The number of carboxylic acids is 1. The lowest BCUT2D eigenvalue weighted by atomic mass is 9.81. The maximum atomic E-state index is 11.8. The smallest absolute Gasteiger partial charge is 0.327 e. The molecule has 4 heterocycles. The Kier molecular flexibility index (Phi) is 11.6. The van der Waals surface area contributed by atoms with E-state index in [2.05, 4.69) is 38.3 Å². The molecule has 0 radical (unpaired) electrons. The van der Waals surface area contributed by atoms with Gasteiger partial charge in [0.1, 0.15) is 29.3 Å². The first kappa shape index (κ1) is 39.4. The summed E-state index contributed by atoms with van der Waals surface area (Å²) in [5.74, 6) is 3.46. The lowest BCUT2D eigenvalue weighted by Gasteiger charge is -2.30. The van der Waals surface area contributed by atoms with Gasteiger partial charge in [0.2, 0.25) is 0 Å². The molecule has 3 aliphatic rings. The van der Waals surface area contributed by atoms with E-state index in [1.54, 1.807) is 0 Å². The average molecular weight is 766 g/mol. The van der Waals surface area contributed by atoms with Crippen LogP contribution in [-0.2, 0) is 26.9 Å². The molecule has 0 fully saturated rings. The molecule has 6 rings (SSSR count). The molecule has 1 unspecified atom stereocenters. The summed E-state index contributed by atoms with van der Waals surface area (Å²) in [7, 11) is -4.19. The van der Waals surface area contributed by atoms with Gasteiger partial charge in [-0.2, -0.15) is 8.42 Å². The molecule has 1 atom stereocenters. The second-order valence-corrected chi connectivity index (χ2v) is 17.0. The van der Waals surface area contributed by atoms with E-state index in [1.165, 1.54) is 6.92 Å². The number of rotatable bonds is 16. The Hall–Kier alpha value is -5.33. The van der Waals surface area contributed by atoms with Gasteiger partial charge in [-0.25, -0.2) is 9.56 Å². The molecule has 1 aromatic heterocycles. The maximum absolute atomic E-state index is 11.8. The minimum absolute atomic E-state index is 0.152. The molecular formula is C43H49N4O7S+. The lowest BCUT2D eigenvalue weighted by molar-refractivity contribution is -0.685. The second kappa shape index (κ2) is 16.2. The number of ether oxygens (including phenoxy) is 2. The van der Waals surface area contributed by atoms with E-state index in [4.69, 9.17) is 24.6 Å². The third-order valence-electron chi connectivity index (χ3n) is 10.3. The van der Waals surface area contributed by atoms with Gasteiger partial charge in [0, 0.05) is 30.2 Å². The summed E-state index contributed by atoms with van der Waals surface area (Å²) < 4.78 is 48.0. The Bertz CT molecular complexity index is 2220. The highest BCUT2D eigenvalue weighted by atomic mass is 32.2. The summed E-state index contributed by atoms with van der Waals surface area (Å²) in [5.41, 5.74) is 2.68. The SMILES string of the molecule is CC(CCN1C=C(Oc2ccccc2)C=C2C1=N/C(=C\C=C\C1=Nc3c(cc(Oc4ccccc4)c[n+]3CCCCCC(=O)O)C1(C)C)C2(C)C)S(=O)(=O)O. The fraction of sp³-hybridized carbons (Fsp3) is 0.349. The van der Waals surface area contributed by atoms with Gasteiger partial charge < -0.3 is 19.5 Å². The van der Waals surface area contributed by atoms with Gasteiger partial charge in [-0.15, -0.1) is 0 Å². The zero-order valence-corrected chi connectivity index (χ0v) is 32.8. The summed E-state index contributed by atoms with van der Waals surface area (Å²) in [6.07, 6.45) is 14.3. The Balaban J connectivity index is 1.28. The highest BCUT2D eigenvalue weighted by Gasteiger charge is 2.44. The molecule has 2 N–H and O–H groups in total. The van der Waals surface area contributed by atoms with Crippen LogP contribution in [-0.4, -0.2) is 52.3 Å². The molecule has 0 amide bonds. The van der Waals surface area contributed by atoms with Gasteiger partial charge in [-0.1, -0.05) is 56.3 Å². The number of carboxylic acid groups (broad SMARTS) is 1. The molecule has 3 aromatic rings. The van der Waals surface area contributed by atoms with Crippen molar-refractivity contribution >= 4 is 33.5 Å². The van der Waals surface area contributed by atoms with Crippen molar-refractivity contribution in [1.29, 1.82) is 0 Å². The van der Waals surface area contributed by atoms with Crippen molar-refractivity contribution in [2.45, 2.75) is 83.9 Å². The number of aromatic nitrogens is 1. The van der Waals surface area contributed by atoms with Crippen molar-refractivity contribution in [1.82, 2.24) is 4.90 Å². The molecule has 55 heavy (non-hydrogen) atoms. The van der Waals surface area contributed by atoms with Gasteiger partial charge in [-0.3, -0.25) is 9.35 Å². The topological polar surface area (TPSA) is 142 Å². The van der Waals surface area contributed by atoms with E-state index in [0.29, 0.717) is 42.6 Å². The Morgan fingerprint density at radius 2 is 1.60 bits per heavy atom. The molecule has 0 aliphatic carbocycles. The number of carbonyl (C=O) groups is 1. The minimum Gasteiger partial charge on any atom is -0.481 e. The summed E-state index contributed by atoms with van der Waals surface area (Å²) in [6.45, 7) is 10.9. The van der Waals surface area contributed by atoms with E-state index in [9.17, 15) is 17.8 Å². The number of pyridine rings is 1. The van der Waals surface area contributed by atoms with Crippen LogP contribution in [0.4, 0.5) is 5.82 Å². The molecular weight excluding hydrogens is 717 g/mol. The zero-order valence-electron chi connectivity index (χ0n) is 32.0. The van der Waals surface area contributed by atoms with Crippen molar-refractivity contribution in [3.8, 4) is 17.2 Å². The number of fused-ring (bicyclic) bond motifs is 2. The van der Waals surface area contributed by atoms with Gasteiger partial charge in [0.25, 0.3) is 10.1 Å². The Morgan fingerprint density at radius 1 is 0.927 bits per heavy atom. The fourth-order valence-corrected chi connectivity index (χ4v) is 7.21. The summed E-state index contributed by atoms with van der Waals surface area (Å²) in [4.78, 5) is 23.2. The quantitative estimate of drug-likeness (QED) is 0.0841. The third-order valence-corrected chi connectivity index (χ3v) is 11.5. The van der Waals surface area contributed by atoms with Crippen LogP contribution in [0, 0.1) is 5.41 Å². The summed E-state index contributed by atoms with van der Waals surface area (Å²) >= 11 is 0. The molecule has 288 valence electrons. The monoisotopic (exact) mass is 765 g/mol. The predicted molar refractivity (Wildman–Crippen MR) is 213 cm³/mol. The first-order chi connectivity index (χ1) is 26.1. The number of benzene rings is 2. The van der Waals surface area contributed by atoms with Crippen LogP contribution in [0.1, 0.15) is 72.3 Å². The minimum atomic E-state index is -4.19. The third kappa shape index (κ3) is 9.14. The fourth-order valence-electron chi connectivity index (χ4n) is 6.81. The summed E-state index contributed by atoms with van der Waals surface area (Å²) in [6, 6.07) is 21.1. The van der Waals surface area contributed by atoms with Crippen molar-refractivity contribution < 1.29 is 36.9 Å². The van der Waals surface area contributed by atoms with Crippen LogP contribution in [0.5, 0.6) is 17.2 Å². The van der Waals surface area contributed by atoms with Crippen molar-refractivity contribution in [3.05, 3.63) is 126 Å². The van der Waals surface area contributed by atoms with Crippen molar-refractivity contribution in [2.24, 2.45) is 15.4 Å². The number of nitrogens with zero attached hydrogens (tertiary/aromatic N) is 4. The number of aliphatic carboxylic acids is 1. The molecule has 2 aromatic carbocycles. The van der Waals surface area contributed by atoms with Crippen molar-refractivity contribution in [3.63, 3.8) is 0 Å².